The zero-order chi connectivity index (χ0) is 15.0. The van der Waals surface area contributed by atoms with E-state index in [0.717, 1.165) is 32.6 Å². The van der Waals surface area contributed by atoms with Crippen molar-refractivity contribution in [1.29, 1.82) is 0 Å². The molecule has 20 heavy (non-hydrogen) atoms. The molecular formula is C12H25N3O4S. The second-order valence-corrected chi connectivity index (χ2v) is 7.43. The van der Waals surface area contributed by atoms with Gasteiger partial charge >= 0.3 is 0 Å². The number of nitrogens with zero attached hydrogens (tertiary/aromatic N) is 2. The van der Waals surface area contributed by atoms with E-state index in [1.807, 2.05) is 0 Å². The number of aliphatic hydroxyl groups excluding tert-OH is 1. The summed E-state index contributed by atoms with van der Waals surface area (Å²) in [5.74, 6) is -0.671. The molecule has 1 aliphatic rings. The van der Waals surface area contributed by atoms with E-state index in [2.05, 4.69) is 9.80 Å². The van der Waals surface area contributed by atoms with Crippen LogP contribution in [0.4, 0.5) is 0 Å². The average molecular weight is 307 g/mol. The van der Waals surface area contributed by atoms with Crippen molar-refractivity contribution in [3.8, 4) is 0 Å². The summed E-state index contributed by atoms with van der Waals surface area (Å²) in [5, 5.41) is 8.92. The molecule has 0 spiro atoms. The standard InChI is InChI=1S/C12H25N3O4S/c13-12(17)2-10-20(18,19)11-8-15-4-1-3-14(5-6-15)7-9-16/h16H,1-11H2,(H2,13,17). The Bertz CT molecular complexity index is 400. The Morgan fingerprint density at radius 1 is 1.05 bits per heavy atom. The maximum atomic E-state index is 11.8. The molecule has 3 N–H and O–H groups in total. The van der Waals surface area contributed by atoms with Crippen LogP contribution < -0.4 is 5.73 Å². The normalized spacial score (nSPS) is 18.9. The van der Waals surface area contributed by atoms with Crippen LogP contribution in [-0.2, 0) is 14.6 Å². The Hall–Kier alpha value is -0.700. The number of aliphatic hydroxyl groups is 1. The van der Waals surface area contributed by atoms with Crippen LogP contribution >= 0.6 is 0 Å². The number of hydrogen-bond acceptors (Lipinski definition) is 6. The van der Waals surface area contributed by atoms with E-state index in [1.54, 1.807) is 0 Å². The minimum Gasteiger partial charge on any atom is -0.395 e. The molecule has 0 saturated carbocycles. The molecule has 118 valence electrons. The highest BCUT2D eigenvalue weighted by molar-refractivity contribution is 7.91. The molecule has 1 saturated heterocycles. The summed E-state index contributed by atoms with van der Waals surface area (Å²) < 4.78 is 23.5. The Morgan fingerprint density at radius 2 is 1.65 bits per heavy atom. The summed E-state index contributed by atoms with van der Waals surface area (Å²) in [4.78, 5) is 14.9. The molecule has 1 fully saturated rings. The number of hydrogen-bond donors (Lipinski definition) is 2. The topological polar surface area (TPSA) is 104 Å². The molecule has 0 aromatic rings. The molecule has 1 amide bonds. The molecule has 0 aromatic heterocycles. The predicted molar refractivity (Wildman–Crippen MR) is 77.0 cm³/mol. The van der Waals surface area contributed by atoms with Crippen LogP contribution in [0.25, 0.3) is 0 Å². The Balaban J connectivity index is 2.32. The maximum absolute atomic E-state index is 11.8. The van der Waals surface area contributed by atoms with Gasteiger partial charge < -0.3 is 15.7 Å². The van der Waals surface area contributed by atoms with Crippen molar-refractivity contribution in [2.24, 2.45) is 5.73 Å². The zero-order valence-electron chi connectivity index (χ0n) is 11.8. The predicted octanol–water partition coefficient (Wildman–Crippen LogP) is -1.72. The number of sulfone groups is 1. The third-order valence-corrected chi connectivity index (χ3v) is 5.11. The summed E-state index contributed by atoms with van der Waals surface area (Å²) in [5.41, 5.74) is 4.96. The van der Waals surface area contributed by atoms with Crippen LogP contribution in [0, 0.1) is 0 Å². The molecule has 0 atom stereocenters. The summed E-state index contributed by atoms with van der Waals surface area (Å²) in [6, 6.07) is 0. The van der Waals surface area contributed by atoms with Crippen LogP contribution in [0.5, 0.6) is 0 Å². The highest BCUT2D eigenvalue weighted by atomic mass is 32.2. The van der Waals surface area contributed by atoms with Gasteiger partial charge in [0.25, 0.3) is 0 Å². The number of carbonyl (C=O) groups excluding carboxylic acids is 1. The van der Waals surface area contributed by atoms with E-state index >= 15 is 0 Å². The van der Waals surface area contributed by atoms with Gasteiger partial charge in [0.2, 0.25) is 5.91 Å². The number of amides is 1. The van der Waals surface area contributed by atoms with Crippen molar-refractivity contribution in [3.05, 3.63) is 0 Å². The van der Waals surface area contributed by atoms with E-state index in [0.29, 0.717) is 13.1 Å². The first kappa shape index (κ1) is 17.4. The SMILES string of the molecule is NC(=O)CCS(=O)(=O)CCN1CCCN(CCO)CC1. The first-order valence-corrected chi connectivity index (χ1v) is 8.79. The lowest BCUT2D eigenvalue weighted by molar-refractivity contribution is -0.117. The second-order valence-electron chi connectivity index (χ2n) is 5.13. The van der Waals surface area contributed by atoms with Gasteiger partial charge in [-0.15, -0.1) is 0 Å². The summed E-state index contributed by atoms with van der Waals surface area (Å²) in [7, 11) is -3.21. The van der Waals surface area contributed by atoms with E-state index in [-0.39, 0.29) is 24.5 Å². The highest BCUT2D eigenvalue weighted by Crippen LogP contribution is 2.04. The smallest absolute Gasteiger partial charge is 0.218 e. The number of nitrogens with two attached hydrogens (primary N) is 1. The van der Waals surface area contributed by atoms with Crippen molar-refractivity contribution >= 4 is 15.7 Å². The van der Waals surface area contributed by atoms with Gasteiger partial charge in [-0.3, -0.25) is 9.69 Å². The van der Waals surface area contributed by atoms with Gasteiger partial charge in [0.05, 0.1) is 18.1 Å². The third-order valence-electron chi connectivity index (χ3n) is 3.48. The first-order valence-electron chi connectivity index (χ1n) is 6.97. The largest absolute Gasteiger partial charge is 0.395 e. The zero-order valence-corrected chi connectivity index (χ0v) is 12.6. The third kappa shape index (κ3) is 7.18. The van der Waals surface area contributed by atoms with Crippen molar-refractivity contribution in [2.75, 3.05) is 57.4 Å². The fourth-order valence-corrected chi connectivity index (χ4v) is 3.49. The van der Waals surface area contributed by atoms with E-state index in [1.165, 1.54) is 0 Å². The molecule has 0 bridgehead atoms. The van der Waals surface area contributed by atoms with Crippen LogP contribution in [0.1, 0.15) is 12.8 Å². The number of rotatable bonds is 8. The first-order chi connectivity index (χ1) is 9.43. The monoisotopic (exact) mass is 307 g/mol. The fourth-order valence-electron chi connectivity index (χ4n) is 2.24. The molecule has 0 radical (unpaired) electrons. The van der Waals surface area contributed by atoms with Gasteiger partial charge in [0, 0.05) is 32.6 Å². The Morgan fingerprint density at radius 3 is 2.20 bits per heavy atom. The van der Waals surface area contributed by atoms with Gasteiger partial charge in [0.15, 0.2) is 9.84 Å². The quantitative estimate of drug-likeness (QED) is 0.553. The highest BCUT2D eigenvalue weighted by Gasteiger charge is 2.18. The average Bonchev–Trinajstić information content (AvgIpc) is 2.60. The Kier molecular flexibility index (Phi) is 7.42. The molecule has 0 aromatic carbocycles. The minimum absolute atomic E-state index is 0.0697. The lowest BCUT2D eigenvalue weighted by Crippen LogP contribution is -2.35. The molecule has 1 aliphatic heterocycles. The van der Waals surface area contributed by atoms with Crippen LogP contribution in [0.15, 0.2) is 0 Å². The van der Waals surface area contributed by atoms with Gasteiger partial charge in [0.1, 0.15) is 0 Å². The molecule has 7 nitrogen and oxygen atoms in total. The lowest BCUT2D eigenvalue weighted by atomic mass is 10.4. The molecule has 0 unspecified atom stereocenters. The fraction of sp³-hybridized carbons (Fsp3) is 0.917. The molecule has 1 rings (SSSR count). The van der Waals surface area contributed by atoms with Crippen LogP contribution in [0.3, 0.4) is 0 Å². The maximum Gasteiger partial charge on any atom is 0.218 e. The summed E-state index contributed by atoms with van der Waals surface area (Å²) >= 11 is 0. The van der Waals surface area contributed by atoms with Crippen molar-refractivity contribution in [3.63, 3.8) is 0 Å². The summed E-state index contributed by atoms with van der Waals surface area (Å²) in [6.45, 7) is 4.78. The Labute approximate surface area is 120 Å². The van der Waals surface area contributed by atoms with E-state index in [4.69, 9.17) is 10.8 Å². The van der Waals surface area contributed by atoms with Crippen molar-refractivity contribution in [1.82, 2.24) is 9.80 Å². The van der Waals surface area contributed by atoms with E-state index < -0.39 is 15.7 Å². The number of β-amino-alcohol motifs (C(OH)–C–C–N with tert-alkyl or cyclic N) is 1. The van der Waals surface area contributed by atoms with Crippen molar-refractivity contribution in [2.45, 2.75) is 12.8 Å². The van der Waals surface area contributed by atoms with Crippen LogP contribution in [-0.4, -0.2) is 86.6 Å². The van der Waals surface area contributed by atoms with Gasteiger partial charge in [-0.05, 0) is 19.5 Å². The lowest BCUT2D eigenvalue weighted by Gasteiger charge is -2.21. The molecule has 8 heteroatoms. The van der Waals surface area contributed by atoms with Gasteiger partial charge in [-0.25, -0.2) is 8.42 Å². The second kappa shape index (κ2) is 8.56. The molecular weight excluding hydrogens is 282 g/mol. The van der Waals surface area contributed by atoms with Crippen molar-refractivity contribution < 1.29 is 18.3 Å². The number of primary amides is 1. The minimum atomic E-state index is -3.21. The molecule has 1 heterocycles. The van der Waals surface area contributed by atoms with Crippen LogP contribution in [0.2, 0.25) is 0 Å². The molecule has 0 aliphatic carbocycles. The van der Waals surface area contributed by atoms with Gasteiger partial charge in [-0.1, -0.05) is 0 Å². The van der Waals surface area contributed by atoms with E-state index in [9.17, 15) is 13.2 Å². The number of carbonyl (C=O) groups is 1. The summed E-state index contributed by atoms with van der Waals surface area (Å²) in [6.07, 6.45) is 0.869. The van der Waals surface area contributed by atoms with Gasteiger partial charge in [-0.2, -0.15) is 0 Å².